The minimum absolute atomic E-state index is 0.0803. The van der Waals surface area contributed by atoms with E-state index in [1.54, 1.807) is 0 Å². The Labute approximate surface area is 173 Å². The molecule has 6 nitrogen and oxygen atoms in total. The Hall–Kier alpha value is -3.21. The minimum Gasteiger partial charge on any atom is -0.485 e. The summed E-state index contributed by atoms with van der Waals surface area (Å²) in [5.74, 6) is -2.02. The normalized spacial score (nSPS) is 12.7. The zero-order valence-corrected chi connectivity index (χ0v) is 16.3. The second-order valence-electron chi connectivity index (χ2n) is 6.89. The van der Waals surface area contributed by atoms with Gasteiger partial charge in [-0.25, -0.2) is 13.8 Å². The average Bonchev–Trinajstić information content (AvgIpc) is 3.01. The molecule has 0 fully saturated rings. The predicted molar refractivity (Wildman–Crippen MR) is 102 cm³/mol. The number of nitrogens with zero attached hydrogens (tertiary/aromatic N) is 2. The summed E-state index contributed by atoms with van der Waals surface area (Å²) in [5.41, 5.74) is 5.73. The topological polar surface area (TPSA) is 81.7 Å². The Balaban J connectivity index is 1.79. The largest absolute Gasteiger partial charge is 0.485 e. The van der Waals surface area contributed by atoms with Crippen molar-refractivity contribution < 1.29 is 31.5 Å². The van der Waals surface area contributed by atoms with Gasteiger partial charge in [-0.05, 0) is 31.2 Å². The van der Waals surface area contributed by atoms with Crippen molar-refractivity contribution in [2.75, 3.05) is 6.54 Å². The minimum atomic E-state index is -4.44. The van der Waals surface area contributed by atoms with Crippen molar-refractivity contribution in [3.8, 4) is 5.75 Å². The van der Waals surface area contributed by atoms with Crippen LogP contribution in [0.5, 0.6) is 5.75 Å². The predicted octanol–water partition coefficient (Wildman–Crippen LogP) is 3.51. The van der Waals surface area contributed by atoms with Gasteiger partial charge < -0.3 is 15.8 Å². The summed E-state index contributed by atoms with van der Waals surface area (Å²) in [7, 11) is 0. The summed E-state index contributed by atoms with van der Waals surface area (Å²) in [6.07, 6.45) is -4.16. The van der Waals surface area contributed by atoms with Gasteiger partial charge in [0, 0.05) is 18.8 Å². The summed E-state index contributed by atoms with van der Waals surface area (Å²) in [4.78, 5) is 16.8. The highest BCUT2D eigenvalue weighted by molar-refractivity contribution is 5.95. The quantitative estimate of drug-likeness (QED) is 0.549. The van der Waals surface area contributed by atoms with E-state index in [4.69, 9.17) is 10.5 Å². The third kappa shape index (κ3) is 5.29. The first-order valence-electron chi connectivity index (χ1n) is 9.20. The second kappa shape index (κ2) is 8.88. The average molecular weight is 442 g/mol. The molecule has 0 bridgehead atoms. The molecule has 0 aliphatic heterocycles. The summed E-state index contributed by atoms with van der Waals surface area (Å²) < 4.78 is 71.7. The van der Waals surface area contributed by atoms with Crippen LogP contribution in [0.2, 0.25) is 0 Å². The van der Waals surface area contributed by atoms with Gasteiger partial charge in [0.15, 0.2) is 11.4 Å². The fourth-order valence-electron chi connectivity index (χ4n) is 3.04. The van der Waals surface area contributed by atoms with Crippen molar-refractivity contribution in [2.24, 2.45) is 5.73 Å². The van der Waals surface area contributed by atoms with Gasteiger partial charge in [-0.3, -0.25) is 9.20 Å². The molecule has 166 valence electrons. The van der Waals surface area contributed by atoms with E-state index in [0.717, 1.165) is 12.1 Å². The third-order valence-electron chi connectivity index (χ3n) is 4.46. The molecule has 0 aliphatic carbocycles. The maximum absolute atomic E-state index is 13.8. The maximum atomic E-state index is 13.8. The molecular weight excluding hydrogens is 423 g/mol. The lowest BCUT2D eigenvalue weighted by molar-refractivity contribution is -0.137. The van der Waals surface area contributed by atoms with Crippen LogP contribution < -0.4 is 15.8 Å². The summed E-state index contributed by atoms with van der Waals surface area (Å²) in [6, 6.07) is 5.20. The van der Waals surface area contributed by atoms with Crippen LogP contribution in [0.1, 0.15) is 28.2 Å². The molecule has 1 atom stereocenters. The van der Waals surface area contributed by atoms with Crippen LogP contribution in [0.25, 0.3) is 5.65 Å². The molecule has 0 aliphatic rings. The number of benzene rings is 1. The number of carbonyl (C=O) groups excluding carboxylic acids is 1. The van der Waals surface area contributed by atoms with E-state index in [2.05, 4.69) is 10.3 Å². The van der Waals surface area contributed by atoms with Crippen molar-refractivity contribution in [1.29, 1.82) is 0 Å². The van der Waals surface area contributed by atoms with Crippen molar-refractivity contribution in [2.45, 2.75) is 32.2 Å². The number of imidazole rings is 1. The van der Waals surface area contributed by atoms with Crippen LogP contribution in [0.4, 0.5) is 22.0 Å². The molecule has 11 heteroatoms. The highest BCUT2D eigenvalue weighted by atomic mass is 19.4. The van der Waals surface area contributed by atoms with Crippen molar-refractivity contribution in [1.82, 2.24) is 14.7 Å². The second-order valence-corrected chi connectivity index (χ2v) is 6.89. The Morgan fingerprint density at radius 1 is 1.23 bits per heavy atom. The number of rotatable bonds is 7. The van der Waals surface area contributed by atoms with E-state index in [-0.39, 0.29) is 34.9 Å². The number of nitrogens with two attached hydrogens (primary N) is 1. The van der Waals surface area contributed by atoms with Gasteiger partial charge in [-0.1, -0.05) is 6.07 Å². The highest BCUT2D eigenvalue weighted by Crippen LogP contribution is 2.24. The van der Waals surface area contributed by atoms with Gasteiger partial charge >= 0.3 is 6.18 Å². The first kappa shape index (κ1) is 22.5. The Morgan fingerprint density at radius 2 is 1.90 bits per heavy atom. The fraction of sp³-hybridized carbons (Fsp3) is 0.300. The number of fused-ring (bicyclic) bond motifs is 1. The van der Waals surface area contributed by atoms with Gasteiger partial charge in [-0.2, -0.15) is 13.2 Å². The monoisotopic (exact) mass is 442 g/mol. The van der Waals surface area contributed by atoms with Gasteiger partial charge in [-0.15, -0.1) is 0 Å². The SMILES string of the molecule is Cc1nc2c(OCc3c(F)cccc3F)cccn2c1C(=O)NCC(N)CC(F)(F)F. The number of aromatic nitrogens is 2. The van der Waals surface area contributed by atoms with Crippen LogP contribution in [0, 0.1) is 18.6 Å². The van der Waals surface area contributed by atoms with E-state index in [1.165, 1.54) is 35.7 Å². The molecule has 0 saturated carbocycles. The van der Waals surface area contributed by atoms with E-state index in [9.17, 15) is 26.7 Å². The fourth-order valence-corrected chi connectivity index (χ4v) is 3.04. The Kier molecular flexibility index (Phi) is 6.44. The van der Waals surface area contributed by atoms with Gasteiger partial charge in [0.2, 0.25) is 0 Å². The zero-order valence-electron chi connectivity index (χ0n) is 16.3. The number of amides is 1. The molecule has 31 heavy (non-hydrogen) atoms. The Morgan fingerprint density at radius 3 is 2.55 bits per heavy atom. The van der Waals surface area contributed by atoms with E-state index in [0.29, 0.717) is 0 Å². The smallest absolute Gasteiger partial charge is 0.390 e. The molecule has 0 radical (unpaired) electrons. The number of hydrogen-bond acceptors (Lipinski definition) is 4. The third-order valence-corrected chi connectivity index (χ3v) is 4.46. The lowest BCUT2D eigenvalue weighted by atomic mass is 10.2. The van der Waals surface area contributed by atoms with Crippen LogP contribution >= 0.6 is 0 Å². The van der Waals surface area contributed by atoms with Crippen LogP contribution in [0.3, 0.4) is 0 Å². The molecule has 0 saturated heterocycles. The lowest BCUT2D eigenvalue weighted by Gasteiger charge is -2.15. The molecule has 3 rings (SSSR count). The number of carbonyl (C=O) groups is 1. The molecule has 3 aromatic rings. The van der Waals surface area contributed by atoms with Gasteiger partial charge in [0.05, 0.1) is 17.7 Å². The van der Waals surface area contributed by atoms with E-state index < -0.39 is 42.8 Å². The standard InChI is InChI=1S/C20H19F5N4O2/c1-11-17(19(30)27-9-12(26)8-20(23,24)25)29-7-3-6-16(18(29)28-11)31-10-13-14(21)4-2-5-15(13)22/h2-7,12H,8-10,26H2,1H3,(H,27,30). The molecule has 1 unspecified atom stereocenters. The van der Waals surface area contributed by atoms with Crippen LogP contribution in [0.15, 0.2) is 36.5 Å². The number of halogens is 5. The molecular formula is C20H19F5N4O2. The molecule has 2 heterocycles. The molecule has 1 aromatic carbocycles. The number of pyridine rings is 1. The number of aryl methyl sites for hydroxylation is 1. The molecule has 2 aromatic heterocycles. The van der Waals surface area contributed by atoms with Crippen LogP contribution in [-0.4, -0.2) is 34.1 Å². The summed E-state index contributed by atoms with van der Waals surface area (Å²) >= 11 is 0. The number of ether oxygens (including phenoxy) is 1. The van der Waals surface area contributed by atoms with Crippen molar-refractivity contribution in [3.05, 3.63) is 65.1 Å². The highest BCUT2D eigenvalue weighted by Gasteiger charge is 2.30. The maximum Gasteiger partial charge on any atom is 0.390 e. The molecule has 0 spiro atoms. The number of nitrogens with one attached hydrogen (secondary N) is 1. The van der Waals surface area contributed by atoms with Crippen LogP contribution in [-0.2, 0) is 6.61 Å². The number of hydrogen-bond donors (Lipinski definition) is 2. The van der Waals surface area contributed by atoms with E-state index in [1.807, 2.05) is 0 Å². The van der Waals surface area contributed by atoms with Crippen molar-refractivity contribution in [3.63, 3.8) is 0 Å². The molecule has 3 N–H and O–H groups in total. The van der Waals surface area contributed by atoms with E-state index >= 15 is 0 Å². The first-order chi connectivity index (χ1) is 14.6. The lowest BCUT2D eigenvalue weighted by Crippen LogP contribution is -2.40. The first-order valence-corrected chi connectivity index (χ1v) is 9.20. The zero-order chi connectivity index (χ0) is 22.8. The number of alkyl halides is 3. The van der Waals surface area contributed by atoms with Gasteiger partial charge in [0.25, 0.3) is 5.91 Å². The van der Waals surface area contributed by atoms with Crippen molar-refractivity contribution >= 4 is 11.6 Å². The summed E-state index contributed by atoms with van der Waals surface area (Å²) in [5, 5.41) is 2.37. The Bertz CT molecular complexity index is 1080. The summed E-state index contributed by atoms with van der Waals surface area (Å²) in [6.45, 7) is 0.754. The molecule has 1 amide bonds. The van der Waals surface area contributed by atoms with Gasteiger partial charge in [0.1, 0.15) is 23.9 Å².